The molecule has 2 heterocycles. The number of ketones is 1. The summed E-state index contributed by atoms with van der Waals surface area (Å²) in [6.07, 6.45) is 4.04. The monoisotopic (exact) mass is 1530 g/mol. The average Bonchev–Trinajstić information content (AvgIpc) is 1.63. The quantitative estimate of drug-likeness (QED) is 0.0156. The van der Waals surface area contributed by atoms with E-state index >= 15 is 0 Å². The van der Waals surface area contributed by atoms with Crippen molar-refractivity contribution in [1.29, 1.82) is 0 Å². The Morgan fingerprint density at radius 3 is 1.44 bits per heavy atom. The summed E-state index contributed by atoms with van der Waals surface area (Å²) in [6.45, 7) is 4.41. The summed E-state index contributed by atoms with van der Waals surface area (Å²) in [5.74, 6) is -5.21. The fourth-order valence-corrected chi connectivity index (χ4v) is 11.1. The Hall–Kier alpha value is -5.02. The van der Waals surface area contributed by atoms with E-state index in [-0.39, 0.29) is 239 Å². The molecule has 0 unspecified atom stereocenters. The largest absolute Gasteiger partial charge is 1.00 e. The Labute approximate surface area is 682 Å². The molecule has 7 aromatic rings. The summed E-state index contributed by atoms with van der Waals surface area (Å²) in [5, 5.41) is 63.4. The summed E-state index contributed by atoms with van der Waals surface area (Å²) >= 11 is 22.3. The van der Waals surface area contributed by atoms with Crippen LogP contribution in [0, 0.1) is 17.5 Å². The van der Waals surface area contributed by atoms with E-state index in [4.69, 9.17) is 83.9 Å². The van der Waals surface area contributed by atoms with Crippen molar-refractivity contribution in [2.24, 2.45) is 17.2 Å². The van der Waals surface area contributed by atoms with Crippen molar-refractivity contribution in [1.82, 2.24) is 40.4 Å². The molecule has 2 aromatic heterocycles. The van der Waals surface area contributed by atoms with E-state index in [9.17, 15) is 56.9 Å². The number of aliphatic carboxylic acids is 1. The van der Waals surface area contributed by atoms with Gasteiger partial charge in [0, 0.05) is 59.5 Å². The van der Waals surface area contributed by atoms with Gasteiger partial charge >= 0.3 is 109 Å². The fourth-order valence-electron chi connectivity index (χ4n) is 10.4. The maximum Gasteiger partial charge on any atom is 1.00 e. The van der Waals surface area contributed by atoms with Crippen LogP contribution in [0.5, 0.6) is 0 Å². The number of nitrogens with two attached hydrogens (primary N) is 3. The first-order valence-electron chi connectivity index (χ1n) is 29.5. The van der Waals surface area contributed by atoms with Gasteiger partial charge in [0.2, 0.25) is 17.7 Å². The van der Waals surface area contributed by atoms with E-state index in [1.165, 1.54) is 38.5 Å². The Balaban J connectivity index is 0.00000130. The van der Waals surface area contributed by atoms with Crippen LogP contribution in [0.15, 0.2) is 103 Å². The smallest absolute Gasteiger partial charge is 1.00 e. The minimum atomic E-state index is -1.02. The molecular weight excluding hydrogens is 1450 g/mol. The van der Waals surface area contributed by atoms with Crippen molar-refractivity contribution >= 4 is 116 Å². The molecule has 5 aromatic carbocycles. The molecule has 0 bridgehead atoms. The number of primary amides is 2. The molecule has 34 heteroatoms. The van der Waals surface area contributed by atoms with Crippen LogP contribution in [0.25, 0.3) is 21.8 Å². The molecule has 5 amide bonds. The molecule has 0 spiro atoms. The molecule has 0 atom stereocenters. The minimum absolute atomic E-state index is 0. The minimum Gasteiger partial charge on any atom is -1.00 e. The molecule has 3 fully saturated rings. The number of rotatable bonds is 21. The molecule has 536 valence electrons. The fraction of sp³-hybridized carbons (Fsp3) is 0.394. The van der Waals surface area contributed by atoms with E-state index in [1.54, 1.807) is 92.7 Å². The van der Waals surface area contributed by atoms with E-state index in [2.05, 4.69) is 31.0 Å². The molecular formula is C66H82Cl4F3K2N11O14. The number of carbonyl (C=O) groups is 8. The Kier molecular flexibility index (Phi) is 40.9. The first-order chi connectivity index (χ1) is 45.2. The molecule has 100 heavy (non-hydrogen) atoms. The van der Waals surface area contributed by atoms with Gasteiger partial charge in [-0.05, 0) is 102 Å². The third-order valence-electron chi connectivity index (χ3n) is 15.0. The number of hydrogen-bond donors (Lipinski definition) is 10. The number of aryl methyl sites for hydroxylation is 1. The third-order valence-corrected chi connectivity index (χ3v) is 16.2. The summed E-state index contributed by atoms with van der Waals surface area (Å²) in [6, 6.07) is 27.7. The van der Waals surface area contributed by atoms with Crippen molar-refractivity contribution in [3.8, 4) is 0 Å². The van der Waals surface area contributed by atoms with Gasteiger partial charge in [0.1, 0.15) is 36.3 Å². The number of aromatic nitrogens is 4. The van der Waals surface area contributed by atoms with Crippen molar-refractivity contribution in [2.45, 2.75) is 148 Å². The van der Waals surface area contributed by atoms with Crippen LogP contribution in [0.1, 0.15) is 120 Å². The number of nitrogens with one attached hydrogen (secondary N) is 3. The molecule has 10 rings (SSSR count). The summed E-state index contributed by atoms with van der Waals surface area (Å²) < 4.78 is 43.6. The van der Waals surface area contributed by atoms with Crippen molar-refractivity contribution in [3.63, 3.8) is 0 Å². The second kappa shape index (κ2) is 43.9. The van der Waals surface area contributed by atoms with E-state index in [1.807, 2.05) is 6.92 Å². The molecule has 25 nitrogen and oxygen atoms in total. The van der Waals surface area contributed by atoms with Gasteiger partial charge in [-0.25, -0.2) is 13.2 Å². The van der Waals surface area contributed by atoms with Gasteiger partial charge < -0.3 is 70.0 Å². The van der Waals surface area contributed by atoms with Crippen LogP contribution >= 0.6 is 46.4 Å². The Bertz CT molecular complexity index is 3900. The number of nitrogens with zero attached hydrogens (tertiary/aromatic N) is 5. The van der Waals surface area contributed by atoms with E-state index < -0.39 is 63.9 Å². The predicted molar refractivity (Wildman–Crippen MR) is 363 cm³/mol. The number of carboxylic acids is 1. The Morgan fingerprint density at radius 2 is 1.06 bits per heavy atom. The number of para-hydroxylation sites is 2. The number of amides is 5. The topological polar surface area (TPSA) is 403 Å². The average molecular weight is 1530 g/mol. The maximum atomic E-state index is 14.1. The van der Waals surface area contributed by atoms with Crippen LogP contribution in [0.2, 0.25) is 15.1 Å². The van der Waals surface area contributed by atoms with Gasteiger partial charge in [-0.2, -0.15) is 10.2 Å². The van der Waals surface area contributed by atoms with Crippen LogP contribution in [-0.4, -0.2) is 147 Å². The third kappa shape index (κ3) is 29.3. The van der Waals surface area contributed by atoms with Crippen molar-refractivity contribution < 1.29 is 186 Å². The van der Waals surface area contributed by atoms with E-state index in [0.717, 1.165) is 12.8 Å². The standard InChI is InChI=1S/C24H25ClFN5O4.C14H18ClFN2O2.C10H9Cl2FO.C10H9N3O3.C5H11NO.CH2O3.2CH4.2K.H/c1-24(35)9-15(10-24)30(12-19(32)28-11-14-5-4-7-17(25)21(14)26)20(33)13-31-18-8-3-2-6-16(18)22(29-31)23(27)34;1-14(20)5-10(6-14)17-8-12(19)18-7-9-3-2-4-11(15)13(9)16;11-6-8(14)5-4-7-2-1-3-9(12)10(7)13;11-10(16)9-6-3-1-2-4-7(6)13(12-9)5-8(14)15;1-5(7)2-4(6)3-5;2-1-4-3;;;;;/h2-8,15,35H,9-13H2,1H3,(H2,27,34)(H,28,32);2-4,10,17,20H,5-8H2,1H3,(H,18,19);1-3H,4-6H2;1-4H,5H2,(H2,11,16)(H,14,15);4,7H,2-3,6H2,1H3;1,3H;2*1H4;;;/q;;;;;;;;2*+1;-1/p-1. The number of hydrogen-bond acceptors (Lipinski definition) is 17. The number of carbonyl (C=O) groups excluding carboxylic acids is 7. The second-order valence-corrected chi connectivity index (χ2v) is 24.9. The number of aliphatic hydroxyl groups is 3. The van der Waals surface area contributed by atoms with Crippen LogP contribution < -0.4 is 141 Å². The van der Waals surface area contributed by atoms with Gasteiger partial charge in [-0.3, -0.25) is 47.7 Å². The summed E-state index contributed by atoms with van der Waals surface area (Å²) in [4.78, 5) is 94.7. The number of Topliss-reactive ketones (excluding diaryl/α,β-unsaturated/α-hetero) is 1. The molecule has 3 aliphatic rings. The normalized spacial score (nSPS) is 18.6. The molecule has 3 saturated carbocycles. The molecule has 3 aliphatic carbocycles. The first kappa shape index (κ1) is 93.0. The first-order valence-corrected chi connectivity index (χ1v) is 31.2. The SMILES string of the molecule is C.C.CC1(O)CC(N(CC(=O)NCc2cccc(Cl)c2F)C(=O)Cn2nc(C(N)=O)c3ccccc32)C1.CC1(O)CC(N)C1.CC1(O)CC(NCC(=O)NCc2cccc(Cl)c2F)C1.NC(=O)c1nn(CC(=O)O)c2ccccc12.O=C(CCl)CCc1cccc(Cl)c1F.O=CO[O-].[H-].[K+].[K+]. The molecule has 0 aliphatic heterocycles. The number of benzene rings is 5. The van der Waals surface area contributed by atoms with E-state index in [0.29, 0.717) is 65.0 Å². The summed E-state index contributed by atoms with van der Waals surface area (Å²) in [7, 11) is 0. The van der Waals surface area contributed by atoms with Crippen molar-refractivity contribution in [2.75, 3.05) is 19.0 Å². The molecule has 13 N–H and O–H groups in total. The number of fused-ring (bicyclic) bond motifs is 2. The Morgan fingerprint density at radius 1 is 0.660 bits per heavy atom. The molecule has 0 radical (unpaired) electrons. The molecule has 0 saturated heterocycles. The maximum absolute atomic E-state index is 14.1. The zero-order chi connectivity index (χ0) is 71.2. The van der Waals surface area contributed by atoms with Gasteiger partial charge in [-0.15, -0.1) is 11.6 Å². The predicted octanol–water partition coefficient (Wildman–Crippen LogP) is 0.710. The zero-order valence-corrected chi connectivity index (χ0v) is 63.5. The summed E-state index contributed by atoms with van der Waals surface area (Å²) in [5.41, 5.74) is 16.3. The van der Waals surface area contributed by atoms with Crippen LogP contribution in [0.3, 0.4) is 0 Å². The van der Waals surface area contributed by atoms with Crippen LogP contribution in [-0.2, 0) is 66.3 Å². The second-order valence-electron chi connectivity index (χ2n) is 23.5. The van der Waals surface area contributed by atoms with Gasteiger partial charge in [-0.1, -0.05) is 122 Å². The number of halogens is 7. The number of carboxylic acid groups (broad SMARTS) is 1. The van der Waals surface area contributed by atoms with Crippen LogP contribution in [0.4, 0.5) is 13.2 Å². The van der Waals surface area contributed by atoms with Crippen molar-refractivity contribution in [3.05, 3.63) is 164 Å². The van der Waals surface area contributed by atoms with Gasteiger partial charge in [0.25, 0.3) is 18.3 Å². The zero-order valence-electron chi connectivity index (χ0n) is 55.2. The van der Waals surface area contributed by atoms with Gasteiger partial charge in [0.05, 0.1) is 61.9 Å². The van der Waals surface area contributed by atoms with Gasteiger partial charge in [0.15, 0.2) is 11.4 Å². The number of alkyl halides is 1.